The van der Waals surface area contributed by atoms with Crippen molar-refractivity contribution in [3.05, 3.63) is 107 Å². The van der Waals surface area contributed by atoms with Crippen molar-refractivity contribution < 1.29 is 18.3 Å². The van der Waals surface area contributed by atoms with Crippen molar-refractivity contribution >= 4 is 21.6 Å². The summed E-state index contributed by atoms with van der Waals surface area (Å²) in [5, 5.41) is 10.5. The van der Waals surface area contributed by atoms with E-state index in [1.165, 1.54) is 53.1 Å². The van der Waals surface area contributed by atoms with E-state index in [-0.39, 0.29) is 11.5 Å². The van der Waals surface area contributed by atoms with Crippen LogP contribution in [0.4, 0.5) is 0 Å². The fraction of sp³-hybridized carbons (Fsp3) is 0.333. The lowest BCUT2D eigenvalue weighted by Crippen LogP contribution is -2.40. The molecule has 0 bridgehead atoms. The van der Waals surface area contributed by atoms with Crippen LogP contribution in [0.15, 0.2) is 95.9 Å². The third-order valence-electron chi connectivity index (χ3n) is 8.86. The zero-order valence-electron chi connectivity index (χ0n) is 24.3. The SMILES string of the molecule is O=S(=O)(c1ccc(-c2ccc(Cl)cc2)c(COc2ccc(-c3ccccc3C3CCCCC3)cc2)c1)N1CCC(O)CC1. The van der Waals surface area contributed by atoms with E-state index in [0.717, 1.165) is 22.4 Å². The van der Waals surface area contributed by atoms with Gasteiger partial charge < -0.3 is 9.84 Å². The van der Waals surface area contributed by atoms with Gasteiger partial charge in [-0.15, -0.1) is 0 Å². The molecule has 0 atom stereocenters. The Morgan fingerprint density at radius 2 is 1.42 bits per heavy atom. The highest BCUT2D eigenvalue weighted by molar-refractivity contribution is 7.89. The third-order valence-corrected chi connectivity index (χ3v) is 11.0. The van der Waals surface area contributed by atoms with Gasteiger partial charge in [-0.2, -0.15) is 4.31 Å². The molecule has 1 heterocycles. The van der Waals surface area contributed by atoms with Crippen LogP contribution in [0.3, 0.4) is 0 Å². The van der Waals surface area contributed by atoms with Crippen molar-refractivity contribution in [1.82, 2.24) is 4.31 Å². The van der Waals surface area contributed by atoms with Crippen LogP contribution in [0.25, 0.3) is 22.3 Å². The van der Waals surface area contributed by atoms with Crippen molar-refractivity contribution in [2.24, 2.45) is 0 Å². The van der Waals surface area contributed by atoms with Crippen molar-refractivity contribution in [3.63, 3.8) is 0 Å². The Balaban J connectivity index is 1.25. The van der Waals surface area contributed by atoms with Gasteiger partial charge in [0, 0.05) is 18.1 Å². The smallest absolute Gasteiger partial charge is 0.243 e. The van der Waals surface area contributed by atoms with Crippen molar-refractivity contribution in [3.8, 4) is 28.0 Å². The van der Waals surface area contributed by atoms with Gasteiger partial charge in [0.25, 0.3) is 0 Å². The molecular weight excluding hydrogens is 578 g/mol. The molecule has 1 N–H and O–H groups in total. The fourth-order valence-electron chi connectivity index (χ4n) is 6.41. The van der Waals surface area contributed by atoms with E-state index in [2.05, 4.69) is 36.4 Å². The highest BCUT2D eigenvalue weighted by atomic mass is 35.5. The Labute approximate surface area is 260 Å². The normalized spacial score (nSPS) is 17.2. The third kappa shape index (κ3) is 6.83. The van der Waals surface area contributed by atoms with Gasteiger partial charge in [0.05, 0.1) is 11.0 Å². The van der Waals surface area contributed by atoms with Gasteiger partial charge in [0.15, 0.2) is 0 Å². The maximum absolute atomic E-state index is 13.5. The van der Waals surface area contributed by atoms with Crippen LogP contribution in [0.5, 0.6) is 5.75 Å². The first-order chi connectivity index (χ1) is 20.9. The molecule has 43 heavy (non-hydrogen) atoms. The lowest BCUT2D eigenvalue weighted by atomic mass is 9.81. The van der Waals surface area contributed by atoms with Crippen LogP contribution in [0.1, 0.15) is 62.0 Å². The lowest BCUT2D eigenvalue weighted by Gasteiger charge is -2.29. The molecule has 1 saturated heterocycles. The fourth-order valence-corrected chi connectivity index (χ4v) is 8.06. The molecule has 7 heteroatoms. The van der Waals surface area contributed by atoms with Crippen molar-refractivity contribution in [2.45, 2.75) is 68.5 Å². The van der Waals surface area contributed by atoms with Crippen LogP contribution in [-0.2, 0) is 16.6 Å². The summed E-state index contributed by atoms with van der Waals surface area (Å²) in [6.45, 7) is 0.826. The van der Waals surface area contributed by atoms with Crippen LogP contribution in [0.2, 0.25) is 5.02 Å². The second kappa shape index (κ2) is 13.2. The van der Waals surface area contributed by atoms with E-state index >= 15 is 0 Å². The summed E-state index contributed by atoms with van der Waals surface area (Å²) in [5.41, 5.74) is 6.49. The first-order valence-electron chi connectivity index (χ1n) is 15.3. The van der Waals surface area contributed by atoms with Gasteiger partial charge in [-0.25, -0.2) is 8.42 Å². The molecular formula is C36H38ClNO4S. The molecule has 5 nitrogen and oxygen atoms in total. The molecule has 4 aromatic rings. The molecule has 0 radical (unpaired) electrons. The summed E-state index contributed by atoms with van der Waals surface area (Å²) in [5.74, 6) is 1.34. The molecule has 2 aliphatic rings. The molecule has 0 aromatic heterocycles. The van der Waals surface area contributed by atoms with Gasteiger partial charge in [-0.1, -0.05) is 85.5 Å². The molecule has 1 aliphatic heterocycles. The maximum Gasteiger partial charge on any atom is 0.243 e. The molecule has 224 valence electrons. The Kier molecular flexibility index (Phi) is 9.20. The number of sulfonamides is 1. The molecule has 1 saturated carbocycles. The minimum Gasteiger partial charge on any atom is -0.489 e. The van der Waals surface area contributed by atoms with Gasteiger partial charge in [-0.3, -0.25) is 0 Å². The van der Waals surface area contributed by atoms with E-state index in [4.69, 9.17) is 16.3 Å². The number of benzene rings is 4. The standard InChI is InChI=1S/C36H38ClNO4S/c37-30-14-10-27(11-15-30)34-19-18-33(43(40,41)38-22-20-31(39)21-23-38)24-29(34)25-42-32-16-12-28(13-17-32)36-9-5-4-8-35(36)26-6-2-1-3-7-26/h4-5,8-19,24,26,31,39H,1-3,6-7,20-23,25H2. The summed E-state index contributed by atoms with van der Waals surface area (Å²) in [7, 11) is -3.70. The predicted molar refractivity (Wildman–Crippen MR) is 173 cm³/mol. The molecule has 1 aliphatic carbocycles. The monoisotopic (exact) mass is 615 g/mol. The Bertz CT molecular complexity index is 1640. The van der Waals surface area contributed by atoms with Crippen LogP contribution in [0, 0.1) is 0 Å². The van der Waals surface area contributed by atoms with Gasteiger partial charge in [0.1, 0.15) is 12.4 Å². The molecule has 2 fully saturated rings. The van der Waals surface area contributed by atoms with Gasteiger partial charge in [-0.05, 0) is 101 Å². The van der Waals surface area contributed by atoms with E-state index in [9.17, 15) is 13.5 Å². The largest absolute Gasteiger partial charge is 0.489 e. The Hall–Kier alpha value is -3.16. The number of piperidine rings is 1. The zero-order chi connectivity index (χ0) is 29.8. The number of ether oxygens (including phenoxy) is 1. The summed E-state index contributed by atoms with van der Waals surface area (Å²) >= 11 is 6.14. The molecule has 4 aromatic carbocycles. The average molecular weight is 616 g/mol. The first-order valence-corrected chi connectivity index (χ1v) is 17.1. The predicted octanol–water partition coefficient (Wildman–Crippen LogP) is 8.45. The maximum atomic E-state index is 13.5. The molecule has 0 unspecified atom stereocenters. The summed E-state index contributed by atoms with van der Waals surface area (Å²) in [6.07, 6.45) is 6.88. The first kappa shape index (κ1) is 29.9. The molecule has 6 rings (SSSR count). The summed E-state index contributed by atoms with van der Waals surface area (Å²) in [4.78, 5) is 0.231. The number of halogens is 1. The van der Waals surface area contributed by atoms with Crippen LogP contribution >= 0.6 is 11.6 Å². The lowest BCUT2D eigenvalue weighted by molar-refractivity contribution is 0.113. The van der Waals surface area contributed by atoms with Crippen LogP contribution < -0.4 is 4.74 Å². The molecule has 0 spiro atoms. The second-order valence-corrected chi connectivity index (χ2v) is 14.1. The number of rotatable bonds is 8. The van der Waals surface area contributed by atoms with E-state index in [0.29, 0.717) is 36.9 Å². The average Bonchev–Trinajstić information content (AvgIpc) is 3.05. The van der Waals surface area contributed by atoms with E-state index in [1.807, 2.05) is 42.5 Å². The number of aliphatic hydroxyl groups is 1. The Morgan fingerprint density at radius 3 is 2.14 bits per heavy atom. The summed E-state index contributed by atoms with van der Waals surface area (Å²) in [6, 6.07) is 29.7. The zero-order valence-corrected chi connectivity index (χ0v) is 25.9. The number of nitrogens with zero attached hydrogens (tertiary/aromatic N) is 1. The van der Waals surface area contributed by atoms with E-state index in [1.54, 1.807) is 12.1 Å². The van der Waals surface area contributed by atoms with Crippen molar-refractivity contribution in [1.29, 1.82) is 0 Å². The number of hydrogen-bond acceptors (Lipinski definition) is 4. The van der Waals surface area contributed by atoms with Crippen LogP contribution in [-0.4, -0.2) is 37.0 Å². The quantitative estimate of drug-likeness (QED) is 0.216. The van der Waals surface area contributed by atoms with Gasteiger partial charge in [0.2, 0.25) is 10.0 Å². The minimum atomic E-state index is -3.70. The number of aliphatic hydroxyl groups excluding tert-OH is 1. The molecule has 0 amide bonds. The summed E-state index contributed by atoms with van der Waals surface area (Å²) < 4.78 is 34.8. The minimum absolute atomic E-state index is 0.206. The Morgan fingerprint density at radius 1 is 0.767 bits per heavy atom. The van der Waals surface area contributed by atoms with Gasteiger partial charge >= 0.3 is 0 Å². The van der Waals surface area contributed by atoms with E-state index < -0.39 is 16.1 Å². The second-order valence-electron chi connectivity index (χ2n) is 11.7. The topological polar surface area (TPSA) is 66.8 Å². The van der Waals surface area contributed by atoms with Crippen molar-refractivity contribution in [2.75, 3.05) is 13.1 Å². The number of hydrogen-bond donors (Lipinski definition) is 1. The highest BCUT2D eigenvalue weighted by Gasteiger charge is 2.29. The highest BCUT2D eigenvalue weighted by Crippen LogP contribution is 2.38.